The van der Waals surface area contributed by atoms with E-state index in [1.54, 1.807) is 6.20 Å². The van der Waals surface area contributed by atoms with E-state index < -0.39 is 0 Å². The molecule has 144 valence electrons. The van der Waals surface area contributed by atoms with Crippen LogP contribution in [0.15, 0.2) is 53.1 Å². The Kier molecular flexibility index (Phi) is 4.75. The van der Waals surface area contributed by atoms with Crippen LogP contribution in [0.3, 0.4) is 0 Å². The number of rotatable bonds is 2. The molecule has 3 aromatic rings. The quantitative estimate of drug-likeness (QED) is 0.535. The van der Waals surface area contributed by atoms with Crippen LogP contribution in [0.1, 0.15) is 37.6 Å². The summed E-state index contributed by atoms with van der Waals surface area (Å²) >= 11 is 3.51. The first-order chi connectivity index (χ1) is 13.3. The monoisotopic (exact) mass is 439 g/mol. The van der Waals surface area contributed by atoms with Crippen molar-refractivity contribution in [2.24, 2.45) is 0 Å². The summed E-state index contributed by atoms with van der Waals surface area (Å²) in [6.07, 6.45) is 2.44. The highest BCUT2D eigenvalue weighted by Crippen LogP contribution is 2.40. The summed E-state index contributed by atoms with van der Waals surface area (Å²) in [5, 5.41) is 8.12. The lowest BCUT2D eigenvalue weighted by molar-refractivity contribution is 0.0682. The van der Waals surface area contributed by atoms with Gasteiger partial charge in [0.05, 0.1) is 11.7 Å². The van der Waals surface area contributed by atoms with Gasteiger partial charge in [-0.1, -0.05) is 28.1 Å². The second-order valence-electron chi connectivity index (χ2n) is 7.70. The zero-order valence-electron chi connectivity index (χ0n) is 16.0. The van der Waals surface area contributed by atoms with Gasteiger partial charge in [-0.2, -0.15) is 0 Å². The van der Waals surface area contributed by atoms with E-state index in [9.17, 15) is 4.79 Å². The van der Waals surface area contributed by atoms with Crippen LogP contribution in [0.25, 0.3) is 10.8 Å². The number of benzene rings is 2. The van der Waals surface area contributed by atoms with Gasteiger partial charge in [-0.3, -0.25) is 4.98 Å². The lowest BCUT2D eigenvalue weighted by Crippen LogP contribution is -2.42. The number of hydrogen-bond donors (Lipinski definition) is 2. The summed E-state index contributed by atoms with van der Waals surface area (Å²) in [5.74, 6) is 0.802. The Morgan fingerprint density at radius 1 is 1.21 bits per heavy atom. The minimum absolute atomic E-state index is 0.144. The molecular weight excluding hydrogens is 418 g/mol. The van der Waals surface area contributed by atoms with Crippen LogP contribution in [0.5, 0.6) is 5.75 Å². The lowest BCUT2D eigenvalue weighted by atomic mass is 9.90. The molecule has 2 aromatic carbocycles. The number of aromatic nitrogens is 1. The SMILES string of the molecule is Cc1nccc2c(NC(=O)NC3CC(C)(C)Oc4ccc(Br)cc43)cccc12. The van der Waals surface area contributed by atoms with Crippen molar-refractivity contribution < 1.29 is 9.53 Å². The number of pyridine rings is 1. The molecule has 2 N–H and O–H groups in total. The molecule has 1 atom stereocenters. The van der Waals surface area contributed by atoms with Crippen LogP contribution in [0, 0.1) is 6.92 Å². The third kappa shape index (κ3) is 3.69. The fourth-order valence-corrected chi connectivity index (χ4v) is 4.11. The predicted molar refractivity (Wildman–Crippen MR) is 115 cm³/mol. The van der Waals surface area contributed by atoms with E-state index in [2.05, 4.69) is 31.5 Å². The Labute approximate surface area is 172 Å². The second-order valence-corrected chi connectivity index (χ2v) is 8.61. The molecule has 1 unspecified atom stereocenters. The predicted octanol–water partition coefficient (Wildman–Crippen LogP) is 5.73. The molecule has 6 heteroatoms. The average molecular weight is 440 g/mol. The molecular formula is C22H22BrN3O2. The van der Waals surface area contributed by atoms with Gasteiger partial charge in [0.25, 0.3) is 0 Å². The maximum atomic E-state index is 12.8. The zero-order valence-corrected chi connectivity index (χ0v) is 17.6. The Bertz CT molecular complexity index is 1060. The number of urea groups is 1. The summed E-state index contributed by atoms with van der Waals surface area (Å²) < 4.78 is 7.03. The Balaban J connectivity index is 1.60. The number of ether oxygens (including phenoxy) is 1. The number of amides is 2. The standard InChI is InChI=1S/C22H22BrN3O2/c1-13-15-5-4-6-18(16(15)9-10-24-13)25-21(27)26-19-12-22(2,3)28-20-8-7-14(23)11-17(19)20/h4-11,19H,12H2,1-3H3,(H2,25,26,27). The molecule has 5 nitrogen and oxygen atoms in total. The van der Waals surface area contributed by atoms with Crippen LogP contribution < -0.4 is 15.4 Å². The van der Waals surface area contributed by atoms with Crippen LogP contribution in [0.4, 0.5) is 10.5 Å². The van der Waals surface area contributed by atoms with Gasteiger partial charge in [0.2, 0.25) is 0 Å². The number of halogens is 1. The highest BCUT2D eigenvalue weighted by atomic mass is 79.9. The lowest BCUT2D eigenvalue weighted by Gasteiger charge is -2.38. The minimum atomic E-state index is -0.360. The number of fused-ring (bicyclic) bond motifs is 2. The molecule has 0 saturated carbocycles. The smallest absolute Gasteiger partial charge is 0.319 e. The molecule has 0 aliphatic carbocycles. The Hall–Kier alpha value is -2.60. The molecule has 0 saturated heterocycles. The van der Waals surface area contributed by atoms with Crippen molar-refractivity contribution in [2.75, 3.05) is 5.32 Å². The maximum Gasteiger partial charge on any atom is 0.319 e. The van der Waals surface area contributed by atoms with Crippen molar-refractivity contribution in [1.82, 2.24) is 10.3 Å². The van der Waals surface area contributed by atoms with Gasteiger partial charge in [-0.15, -0.1) is 0 Å². The van der Waals surface area contributed by atoms with Gasteiger partial charge in [0.1, 0.15) is 11.4 Å². The normalized spacial score (nSPS) is 17.5. The highest BCUT2D eigenvalue weighted by molar-refractivity contribution is 9.10. The van der Waals surface area contributed by atoms with Crippen molar-refractivity contribution in [3.05, 3.63) is 64.4 Å². The van der Waals surface area contributed by atoms with Crippen LogP contribution in [-0.4, -0.2) is 16.6 Å². The van der Waals surface area contributed by atoms with Gasteiger partial charge in [-0.05, 0) is 51.1 Å². The van der Waals surface area contributed by atoms with Gasteiger partial charge in [0.15, 0.2) is 0 Å². The molecule has 0 bridgehead atoms. The van der Waals surface area contributed by atoms with Crippen molar-refractivity contribution >= 4 is 38.4 Å². The maximum absolute atomic E-state index is 12.8. The topological polar surface area (TPSA) is 63.2 Å². The molecule has 1 aliphatic heterocycles. The fourth-order valence-electron chi connectivity index (χ4n) is 3.73. The Morgan fingerprint density at radius 3 is 2.86 bits per heavy atom. The summed E-state index contributed by atoms with van der Waals surface area (Å²) in [6.45, 7) is 6.03. The van der Waals surface area contributed by atoms with Crippen LogP contribution >= 0.6 is 15.9 Å². The third-order valence-electron chi connectivity index (χ3n) is 4.99. The molecule has 0 radical (unpaired) electrons. The number of hydrogen-bond acceptors (Lipinski definition) is 3. The van der Waals surface area contributed by atoms with Crippen molar-refractivity contribution in [3.8, 4) is 5.75 Å². The van der Waals surface area contributed by atoms with Gasteiger partial charge >= 0.3 is 6.03 Å². The summed E-state index contributed by atoms with van der Waals surface area (Å²) in [7, 11) is 0. The zero-order chi connectivity index (χ0) is 19.9. The fraction of sp³-hybridized carbons (Fsp3) is 0.273. The molecule has 0 fully saturated rings. The molecule has 4 rings (SSSR count). The molecule has 0 spiro atoms. The molecule has 1 aliphatic rings. The summed E-state index contributed by atoms with van der Waals surface area (Å²) in [6, 6.07) is 13.3. The number of carbonyl (C=O) groups is 1. The van der Waals surface area contributed by atoms with E-state index in [1.165, 1.54) is 0 Å². The van der Waals surface area contributed by atoms with Crippen molar-refractivity contribution in [1.29, 1.82) is 0 Å². The van der Waals surface area contributed by atoms with E-state index in [1.807, 2.05) is 63.2 Å². The van der Waals surface area contributed by atoms with E-state index >= 15 is 0 Å². The molecule has 2 heterocycles. The summed E-state index contributed by atoms with van der Waals surface area (Å²) in [5.41, 5.74) is 2.32. The van der Waals surface area contributed by atoms with Gasteiger partial charge in [-0.25, -0.2) is 4.79 Å². The number of carbonyl (C=O) groups excluding carboxylic acids is 1. The van der Waals surface area contributed by atoms with Crippen molar-refractivity contribution in [2.45, 2.75) is 38.8 Å². The van der Waals surface area contributed by atoms with E-state index in [0.29, 0.717) is 6.42 Å². The summed E-state index contributed by atoms with van der Waals surface area (Å²) in [4.78, 5) is 17.1. The van der Waals surface area contributed by atoms with E-state index in [4.69, 9.17) is 4.74 Å². The van der Waals surface area contributed by atoms with E-state index in [0.717, 1.165) is 37.9 Å². The van der Waals surface area contributed by atoms with Crippen molar-refractivity contribution in [3.63, 3.8) is 0 Å². The first kappa shape index (κ1) is 18.7. The molecule has 2 amide bonds. The third-order valence-corrected chi connectivity index (χ3v) is 5.48. The Morgan fingerprint density at radius 2 is 2.04 bits per heavy atom. The van der Waals surface area contributed by atoms with Crippen LogP contribution in [0.2, 0.25) is 0 Å². The number of aryl methyl sites for hydroxylation is 1. The van der Waals surface area contributed by atoms with E-state index in [-0.39, 0.29) is 17.7 Å². The largest absolute Gasteiger partial charge is 0.487 e. The number of nitrogens with zero attached hydrogens (tertiary/aromatic N) is 1. The van der Waals surface area contributed by atoms with Gasteiger partial charge in [0, 0.05) is 39.1 Å². The second kappa shape index (κ2) is 7.09. The first-order valence-corrected chi connectivity index (χ1v) is 10.0. The number of anilines is 1. The highest BCUT2D eigenvalue weighted by Gasteiger charge is 2.34. The minimum Gasteiger partial charge on any atom is -0.487 e. The molecule has 1 aromatic heterocycles. The van der Waals surface area contributed by atoms with Crippen LogP contribution in [-0.2, 0) is 0 Å². The first-order valence-electron chi connectivity index (χ1n) is 9.23. The van der Waals surface area contributed by atoms with Gasteiger partial charge < -0.3 is 15.4 Å². The average Bonchev–Trinajstić information content (AvgIpc) is 2.62. The molecule has 28 heavy (non-hydrogen) atoms. The number of nitrogens with one attached hydrogen (secondary N) is 2.